The minimum Gasteiger partial charge on any atom is -0.483 e. The number of carbonyl (C=O) groups excluding carboxylic acids is 2. The van der Waals surface area contributed by atoms with E-state index in [1.54, 1.807) is 0 Å². The van der Waals surface area contributed by atoms with Gasteiger partial charge in [-0.3, -0.25) is 9.59 Å². The molecule has 0 unspecified atom stereocenters. The monoisotopic (exact) mass is 493 g/mol. The van der Waals surface area contributed by atoms with Crippen LogP contribution in [-0.2, 0) is 4.79 Å². The summed E-state index contributed by atoms with van der Waals surface area (Å²) in [4.78, 5) is 36.2. The predicted octanol–water partition coefficient (Wildman–Crippen LogP) is 5.53. The molecule has 0 saturated heterocycles. The van der Waals surface area contributed by atoms with Crippen molar-refractivity contribution in [2.45, 2.75) is 6.92 Å². The lowest BCUT2D eigenvalue weighted by molar-refractivity contribution is -0.118. The van der Waals surface area contributed by atoms with Crippen LogP contribution in [0.5, 0.6) is 5.75 Å². The lowest BCUT2D eigenvalue weighted by atomic mass is 10.0. The van der Waals surface area contributed by atoms with Crippen molar-refractivity contribution in [2.24, 2.45) is 0 Å². The number of nitrogens with one attached hydrogen (secondary N) is 1. The first-order valence-electron chi connectivity index (χ1n) is 9.32. The first kappa shape index (κ1) is 24.2. The second kappa shape index (κ2) is 9.97. The summed E-state index contributed by atoms with van der Waals surface area (Å²) in [6.07, 6.45) is 0. The number of hydrogen-bond acceptors (Lipinski definition) is 4. The third kappa shape index (κ3) is 5.66. The van der Waals surface area contributed by atoms with Gasteiger partial charge in [0.2, 0.25) is 0 Å². The van der Waals surface area contributed by atoms with Gasteiger partial charge >= 0.3 is 5.97 Å². The van der Waals surface area contributed by atoms with E-state index in [-0.39, 0.29) is 38.2 Å². The molecule has 0 atom stereocenters. The summed E-state index contributed by atoms with van der Waals surface area (Å²) in [7, 11) is 0. The third-order valence-corrected chi connectivity index (χ3v) is 5.01. The molecule has 3 aromatic carbocycles. The zero-order valence-corrected chi connectivity index (χ0v) is 18.4. The van der Waals surface area contributed by atoms with Crippen LogP contribution in [0.4, 0.5) is 14.5 Å². The number of benzene rings is 3. The molecule has 1 amide bonds. The number of carboxylic acid groups (broad SMARTS) is 1. The van der Waals surface area contributed by atoms with Crippen LogP contribution in [0.3, 0.4) is 0 Å². The molecule has 3 aromatic rings. The zero-order valence-electron chi connectivity index (χ0n) is 16.9. The first-order chi connectivity index (χ1) is 15.6. The van der Waals surface area contributed by atoms with Crippen molar-refractivity contribution in [3.63, 3.8) is 0 Å². The van der Waals surface area contributed by atoms with Crippen molar-refractivity contribution in [1.29, 1.82) is 0 Å². The minimum atomic E-state index is -1.43. The summed E-state index contributed by atoms with van der Waals surface area (Å²) >= 11 is 11.8. The molecule has 0 aliphatic heterocycles. The molecule has 0 spiro atoms. The molecule has 0 bridgehead atoms. The SMILES string of the molecule is Cc1c(NC(=O)COc2ccc(Cl)cc2C(=O)c2cc(F)cc(Cl)c2)ccc(C(=O)O)c1F. The lowest BCUT2D eigenvalue weighted by Gasteiger charge is -2.13. The van der Waals surface area contributed by atoms with E-state index in [1.807, 2.05) is 0 Å². The van der Waals surface area contributed by atoms with Gasteiger partial charge in [0.15, 0.2) is 12.4 Å². The standard InChI is InChI=1S/C23H15Cl2F2NO5/c1-11-18(4-3-16(21(11)27)23(31)32)28-20(29)10-33-19-5-2-13(24)9-17(19)22(30)12-6-14(25)8-15(26)7-12/h2-9H,10H2,1H3,(H,28,29)(H,31,32). The average Bonchev–Trinajstić information content (AvgIpc) is 2.74. The number of carbonyl (C=O) groups is 3. The quantitative estimate of drug-likeness (QED) is 0.422. The molecule has 10 heteroatoms. The van der Waals surface area contributed by atoms with Crippen LogP contribution in [0.15, 0.2) is 48.5 Å². The number of ether oxygens (including phenoxy) is 1. The smallest absolute Gasteiger partial charge is 0.338 e. The van der Waals surface area contributed by atoms with Gasteiger partial charge in [-0.15, -0.1) is 0 Å². The summed E-state index contributed by atoms with van der Waals surface area (Å²) in [6, 6.07) is 9.73. The maximum Gasteiger partial charge on any atom is 0.338 e. The lowest BCUT2D eigenvalue weighted by Crippen LogP contribution is -2.22. The molecular weight excluding hydrogens is 479 g/mol. The number of amides is 1. The van der Waals surface area contributed by atoms with Gasteiger partial charge in [0.05, 0.1) is 11.1 Å². The highest BCUT2D eigenvalue weighted by atomic mass is 35.5. The summed E-state index contributed by atoms with van der Waals surface area (Å²) in [6.45, 7) is 0.756. The highest BCUT2D eigenvalue weighted by Gasteiger charge is 2.19. The van der Waals surface area contributed by atoms with E-state index in [0.717, 1.165) is 18.2 Å². The van der Waals surface area contributed by atoms with Crippen LogP contribution < -0.4 is 10.1 Å². The van der Waals surface area contributed by atoms with Gasteiger partial charge in [0, 0.05) is 26.9 Å². The van der Waals surface area contributed by atoms with Crippen LogP contribution in [0.25, 0.3) is 0 Å². The van der Waals surface area contributed by atoms with Crippen LogP contribution in [-0.4, -0.2) is 29.4 Å². The van der Waals surface area contributed by atoms with E-state index >= 15 is 0 Å². The summed E-state index contributed by atoms with van der Waals surface area (Å²) < 4.78 is 33.3. The number of carboxylic acids is 1. The van der Waals surface area contributed by atoms with Gasteiger partial charge in [-0.05, 0) is 55.5 Å². The molecule has 0 aliphatic rings. The fourth-order valence-corrected chi connectivity index (χ4v) is 3.36. The highest BCUT2D eigenvalue weighted by Crippen LogP contribution is 2.27. The van der Waals surface area contributed by atoms with Crippen molar-refractivity contribution in [3.8, 4) is 5.75 Å². The molecule has 2 N–H and O–H groups in total. The number of aromatic carboxylic acids is 1. The van der Waals surface area contributed by atoms with Gasteiger partial charge in [-0.25, -0.2) is 13.6 Å². The second-order valence-corrected chi connectivity index (χ2v) is 7.74. The Morgan fingerprint density at radius 2 is 1.70 bits per heavy atom. The number of anilines is 1. The van der Waals surface area contributed by atoms with Gasteiger partial charge in [-0.1, -0.05) is 23.2 Å². The molecule has 0 fully saturated rings. The fraction of sp³-hybridized carbons (Fsp3) is 0.0870. The Morgan fingerprint density at radius 3 is 2.36 bits per heavy atom. The van der Waals surface area contributed by atoms with Crippen LogP contribution in [0, 0.1) is 18.6 Å². The van der Waals surface area contributed by atoms with Crippen molar-refractivity contribution < 1.29 is 33.0 Å². The largest absolute Gasteiger partial charge is 0.483 e. The topological polar surface area (TPSA) is 92.7 Å². The first-order valence-corrected chi connectivity index (χ1v) is 10.1. The number of rotatable bonds is 7. The molecule has 0 heterocycles. The number of ketones is 1. The maximum absolute atomic E-state index is 14.2. The van der Waals surface area contributed by atoms with E-state index < -0.39 is 41.5 Å². The normalized spacial score (nSPS) is 10.6. The predicted molar refractivity (Wildman–Crippen MR) is 119 cm³/mol. The molecular formula is C23H15Cl2F2NO5. The minimum absolute atomic E-state index is 0.00376. The van der Waals surface area contributed by atoms with Gasteiger partial charge in [-0.2, -0.15) is 0 Å². The van der Waals surface area contributed by atoms with Crippen LogP contribution in [0.1, 0.15) is 31.8 Å². The van der Waals surface area contributed by atoms with E-state index in [1.165, 1.54) is 37.3 Å². The van der Waals surface area contributed by atoms with Gasteiger partial charge in [0.25, 0.3) is 5.91 Å². The maximum atomic E-state index is 14.2. The van der Waals surface area contributed by atoms with Crippen LogP contribution >= 0.6 is 23.2 Å². The number of halogens is 4. The molecule has 33 heavy (non-hydrogen) atoms. The van der Waals surface area contributed by atoms with Crippen molar-refractivity contribution in [3.05, 3.63) is 92.5 Å². The Kier molecular flexibility index (Phi) is 7.30. The number of hydrogen-bond donors (Lipinski definition) is 2. The Morgan fingerprint density at radius 1 is 0.970 bits per heavy atom. The fourth-order valence-electron chi connectivity index (χ4n) is 2.96. The molecule has 170 valence electrons. The van der Waals surface area contributed by atoms with E-state index in [0.29, 0.717) is 0 Å². The molecule has 6 nitrogen and oxygen atoms in total. The summed E-state index contributed by atoms with van der Waals surface area (Å²) in [5.74, 6) is -4.42. The van der Waals surface area contributed by atoms with Gasteiger partial charge < -0.3 is 15.2 Å². The molecule has 0 aromatic heterocycles. The molecule has 0 radical (unpaired) electrons. The Labute approximate surface area is 196 Å². The summed E-state index contributed by atoms with van der Waals surface area (Å²) in [5, 5.41) is 11.6. The Hall–Kier alpha value is -3.49. The van der Waals surface area contributed by atoms with Crippen molar-refractivity contribution >= 4 is 46.5 Å². The molecule has 0 saturated carbocycles. The second-order valence-electron chi connectivity index (χ2n) is 6.87. The van der Waals surface area contributed by atoms with E-state index in [2.05, 4.69) is 5.32 Å². The Balaban J connectivity index is 1.78. The van der Waals surface area contributed by atoms with E-state index in [4.69, 9.17) is 33.0 Å². The zero-order chi connectivity index (χ0) is 24.3. The van der Waals surface area contributed by atoms with Crippen molar-refractivity contribution in [1.82, 2.24) is 0 Å². The molecule has 0 aliphatic carbocycles. The average molecular weight is 494 g/mol. The Bertz CT molecular complexity index is 1260. The van der Waals surface area contributed by atoms with E-state index in [9.17, 15) is 23.2 Å². The third-order valence-electron chi connectivity index (χ3n) is 4.56. The van der Waals surface area contributed by atoms with Gasteiger partial charge in [0.1, 0.15) is 17.4 Å². The highest BCUT2D eigenvalue weighted by molar-refractivity contribution is 6.32. The van der Waals surface area contributed by atoms with Crippen LogP contribution in [0.2, 0.25) is 10.0 Å². The molecule has 3 rings (SSSR count). The van der Waals surface area contributed by atoms with Crippen molar-refractivity contribution in [2.75, 3.05) is 11.9 Å². The summed E-state index contributed by atoms with van der Waals surface area (Å²) in [5.41, 5.74) is -0.587.